The number of guanidine groups is 1. The highest BCUT2D eigenvalue weighted by Crippen LogP contribution is 2.20. The smallest absolute Gasteiger partial charge is 0.191 e. The van der Waals surface area contributed by atoms with Gasteiger partial charge >= 0.3 is 0 Å². The van der Waals surface area contributed by atoms with Gasteiger partial charge in [-0.25, -0.2) is 0 Å². The molecule has 1 aromatic carbocycles. The number of benzene rings is 1. The Morgan fingerprint density at radius 1 is 1.12 bits per heavy atom. The number of aliphatic imine (C=N–C) groups is 1. The van der Waals surface area contributed by atoms with Gasteiger partial charge in [0.25, 0.3) is 0 Å². The summed E-state index contributed by atoms with van der Waals surface area (Å²) in [6, 6.07) is 6.32. The Morgan fingerprint density at radius 2 is 1.85 bits per heavy atom. The van der Waals surface area contributed by atoms with Crippen LogP contribution in [0.15, 0.2) is 23.2 Å². The van der Waals surface area contributed by atoms with Crippen LogP contribution in [0.1, 0.15) is 44.7 Å². The maximum absolute atomic E-state index is 5.74. The van der Waals surface area contributed by atoms with Crippen LogP contribution >= 0.6 is 24.0 Å². The lowest BCUT2D eigenvalue weighted by Crippen LogP contribution is -2.37. The second-order valence-electron chi connectivity index (χ2n) is 6.13. The number of hydrogen-bond donors (Lipinski definition) is 2. The topological polar surface area (TPSA) is 48.9 Å². The third kappa shape index (κ3) is 9.62. The first-order valence-corrected chi connectivity index (χ1v) is 9.53. The number of hydrogen-bond acceptors (Lipinski definition) is 3. The van der Waals surface area contributed by atoms with E-state index in [2.05, 4.69) is 59.5 Å². The van der Waals surface area contributed by atoms with Crippen molar-refractivity contribution in [1.29, 1.82) is 0 Å². The fourth-order valence-corrected chi connectivity index (χ4v) is 2.70. The number of nitrogens with one attached hydrogen (secondary N) is 2. The Morgan fingerprint density at radius 3 is 2.46 bits per heavy atom. The molecule has 0 aliphatic carbocycles. The van der Waals surface area contributed by atoms with Crippen molar-refractivity contribution in [2.24, 2.45) is 4.99 Å². The van der Waals surface area contributed by atoms with Crippen molar-refractivity contribution in [1.82, 2.24) is 15.5 Å². The van der Waals surface area contributed by atoms with Crippen LogP contribution in [0.2, 0.25) is 0 Å². The van der Waals surface area contributed by atoms with E-state index in [0.29, 0.717) is 13.2 Å². The van der Waals surface area contributed by atoms with Crippen LogP contribution in [0.3, 0.4) is 0 Å². The van der Waals surface area contributed by atoms with Gasteiger partial charge in [-0.3, -0.25) is 4.99 Å². The lowest BCUT2D eigenvalue weighted by atomic mass is 10.1. The van der Waals surface area contributed by atoms with Gasteiger partial charge in [0, 0.05) is 25.7 Å². The molecular weight excluding hydrogens is 439 g/mol. The Hall–Kier alpha value is -1.02. The van der Waals surface area contributed by atoms with Gasteiger partial charge in [0.1, 0.15) is 5.75 Å². The molecule has 150 valence electrons. The van der Waals surface area contributed by atoms with E-state index in [-0.39, 0.29) is 24.0 Å². The minimum absolute atomic E-state index is 0. The molecule has 0 saturated carbocycles. The molecule has 0 bridgehead atoms. The van der Waals surface area contributed by atoms with Crippen LogP contribution in [0.5, 0.6) is 5.75 Å². The fraction of sp³-hybridized carbons (Fsp3) is 0.650. The van der Waals surface area contributed by atoms with E-state index in [0.717, 1.165) is 43.3 Å². The summed E-state index contributed by atoms with van der Waals surface area (Å²) in [6.07, 6.45) is 2.35. The fourth-order valence-electron chi connectivity index (χ4n) is 2.70. The number of aryl methyl sites for hydroxylation is 1. The van der Waals surface area contributed by atoms with Gasteiger partial charge in [-0.15, -0.1) is 24.0 Å². The largest absolute Gasteiger partial charge is 0.494 e. The summed E-state index contributed by atoms with van der Waals surface area (Å²) >= 11 is 0. The highest BCUT2D eigenvalue weighted by atomic mass is 127. The maximum atomic E-state index is 5.74. The van der Waals surface area contributed by atoms with E-state index in [1.54, 1.807) is 0 Å². The first-order chi connectivity index (χ1) is 12.1. The Labute approximate surface area is 177 Å². The van der Waals surface area contributed by atoms with Crippen molar-refractivity contribution in [2.75, 3.05) is 39.8 Å². The van der Waals surface area contributed by atoms with Crippen molar-refractivity contribution in [2.45, 2.75) is 47.1 Å². The molecule has 2 N–H and O–H groups in total. The maximum Gasteiger partial charge on any atom is 0.191 e. The number of nitrogens with zero attached hydrogens (tertiary/aromatic N) is 2. The van der Waals surface area contributed by atoms with E-state index < -0.39 is 0 Å². The summed E-state index contributed by atoms with van der Waals surface area (Å²) in [4.78, 5) is 6.76. The minimum Gasteiger partial charge on any atom is -0.494 e. The summed E-state index contributed by atoms with van der Waals surface area (Å²) in [5.74, 6) is 1.79. The molecule has 0 aliphatic rings. The molecule has 0 unspecified atom stereocenters. The first kappa shape index (κ1) is 25.0. The molecule has 0 aromatic heterocycles. The molecule has 0 fully saturated rings. The van der Waals surface area contributed by atoms with Crippen molar-refractivity contribution in [3.63, 3.8) is 0 Å². The highest BCUT2D eigenvalue weighted by Gasteiger charge is 2.05. The van der Waals surface area contributed by atoms with Crippen molar-refractivity contribution in [3.05, 3.63) is 29.3 Å². The molecule has 1 rings (SSSR count). The number of unbranched alkanes of at least 4 members (excludes halogenated alkanes) is 1. The summed E-state index contributed by atoms with van der Waals surface area (Å²) in [7, 11) is 1.81. The third-order valence-corrected chi connectivity index (χ3v) is 4.28. The molecule has 0 aliphatic heterocycles. The monoisotopic (exact) mass is 476 g/mol. The molecule has 0 radical (unpaired) electrons. The summed E-state index contributed by atoms with van der Waals surface area (Å²) in [5.41, 5.74) is 2.36. The van der Waals surface area contributed by atoms with Gasteiger partial charge in [-0.2, -0.15) is 0 Å². The molecule has 0 spiro atoms. The molecule has 0 saturated heterocycles. The molecular formula is C20H37IN4O. The van der Waals surface area contributed by atoms with Gasteiger partial charge in [-0.1, -0.05) is 26.0 Å². The average molecular weight is 476 g/mol. The Balaban J connectivity index is 0.00000625. The minimum atomic E-state index is 0. The second-order valence-corrected chi connectivity index (χ2v) is 6.13. The summed E-state index contributed by atoms with van der Waals surface area (Å²) < 4.78 is 5.74. The standard InChI is InChI=1S/C20H36N4O.HI/c1-6-24(7-2)14-10-9-13-22-20(21-5)23-16-18-12-11-17(4)15-19(18)25-8-3;/h11-12,15H,6-10,13-14,16H2,1-5H3,(H2,21,22,23);1H. The van der Waals surface area contributed by atoms with Crippen LogP contribution in [0, 0.1) is 6.92 Å². The van der Waals surface area contributed by atoms with Crippen molar-refractivity contribution in [3.8, 4) is 5.75 Å². The van der Waals surface area contributed by atoms with Crippen LogP contribution < -0.4 is 15.4 Å². The van der Waals surface area contributed by atoms with Gasteiger partial charge < -0.3 is 20.3 Å². The molecule has 6 heteroatoms. The SMILES string of the molecule is CCOc1cc(C)ccc1CNC(=NC)NCCCCN(CC)CC.I. The lowest BCUT2D eigenvalue weighted by molar-refractivity contribution is 0.297. The third-order valence-electron chi connectivity index (χ3n) is 4.28. The average Bonchev–Trinajstić information content (AvgIpc) is 2.62. The van der Waals surface area contributed by atoms with Gasteiger partial charge in [0.05, 0.1) is 6.61 Å². The predicted molar refractivity (Wildman–Crippen MR) is 123 cm³/mol. The van der Waals surface area contributed by atoms with Gasteiger partial charge in [-0.05, 0) is 58.0 Å². The summed E-state index contributed by atoms with van der Waals surface area (Å²) in [6.45, 7) is 14.3. The van der Waals surface area contributed by atoms with Crippen LogP contribution in [-0.4, -0.2) is 50.7 Å². The Bertz CT molecular complexity index is 519. The zero-order valence-corrected chi connectivity index (χ0v) is 19.4. The number of halogens is 1. The van der Waals surface area contributed by atoms with E-state index in [9.17, 15) is 0 Å². The molecule has 5 nitrogen and oxygen atoms in total. The Kier molecular flexibility index (Phi) is 14.5. The lowest BCUT2D eigenvalue weighted by Gasteiger charge is -2.18. The summed E-state index contributed by atoms with van der Waals surface area (Å²) in [5, 5.41) is 6.77. The van der Waals surface area contributed by atoms with Crippen molar-refractivity contribution < 1.29 is 4.74 Å². The van der Waals surface area contributed by atoms with Crippen LogP contribution in [0.25, 0.3) is 0 Å². The van der Waals surface area contributed by atoms with E-state index >= 15 is 0 Å². The van der Waals surface area contributed by atoms with Gasteiger partial charge in [0.15, 0.2) is 5.96 Å². The molecule has 1 aromatic rings. The highest BCUT2D eigenvalue weighted by molar-refractivity contribution is 14.0. The number of rotatable bonds is 11. The van der Waals surface area contributed by atoms with Gasteiger partial charge in [0.2, 0.25) is 0 Å². The van der Waals surface area contributed by atoms with E-state index in [1.165, 1.54) is 18.5 Å². The van der Waals surface area contributed by atoms with E-state index in [1.807, 2.05) is 14.0 Å². The zero-order valence-electron chi connectivity index (χ0n) is 17.1. The second kappa shape index (κ2) is 15.1. The molecule has 26 heavy (non-hydrogen) atoms. The van der Waals surface area contributed by atoms with Crippen molar-refractivity contribution >= 4 is 29.9 Å². The molecule has 0 atom stereocenters. The van der Waals surface area contributed by atoms with Crippen LogP contribution in [0.4, 0.5) is 0 Å². The quantitative estimate of drug-likeness (QED) is 0.221. The van der Waals surface area contributed by atoms with E-state index in [4.69, 9.17) is 4.74 Å². The zero-order chi connectivity index (χ0) is 18.5. The normalized spacial score (nSPS) is 11.2. The first-order valence-electron chi connectivity index (χ1n) is 9.53. The molecule has 0 heterocycles. The predicted octanol–water partition coefficient (Wildman–Crippen LogP) is 3.80. The molecule has 0 amide bonds. The number of ether oxygens (including phenoxy) is 1. The van der Waals surface area contributed by atoms with Crippen LogP contribution in [-0.2, 0) is 6.54 Å².